The van der Waals surface area contributed by atoms with Crippen molar-refractivity contribution in [3.8, 4) is 11.3 Å². The summed E-state index contributed by atoms with van der Waals surface area (Å²) in [5.41, 5.74) is 1.14. The minimum absolute atomic E-state index is 0.0132. The summed E-state index contributed by atoms with van der Waals surface area (Å²) in [6, 6.07) is 21.3. The number of furan rings is 1. The molecule has 12 heteroatoms. The van der Waals surface area contributed by atoms with E-state index in [1.807, 2.05) is 42.5 Å². The number of aliphatic hydroxyl groups excluding tert-OH is 2. The largest absolute Gasteiger partial charge is 0.453 e. The lowest BCUT2D eigenvalue weighted by Crippen LogP contribution is -2.55. The molecule has 2 fully saturated rings. The predicted molar refractivity (Wildman–Crippen MR) is 229 cm³/mol. The highest BCUT2D eigenvalue weighted by molar-refractivity contribution is 6.33. The van der Waals surface area contributed by atoms with Crippen molar-refractivity contribution >= 4 is 17.4 Å². The number of ketones is 1. The monoisotopic (exact) mass is 863 g/mol. The fourth-order valence-electron chi connectivity index (χ4n) is 9.71. The minimum Gasteiger partial charge on any atom is -0.453 e. The molecule has 2 bridgehead atoms. The van der Waals surface area contributed by atoms with Crippen molar-refractivity contribution in [2.45, 2.75) is 114 Å². The molecule has 1 aromatic heterocycles. The van der Waals surface area contributed by atoms with E-state index in [-0.39, 0.29) is 53.8 Å². The highest BCUT2D eigenvalue weighted by Crippen LogP contribution is 2.59. The number of ether oxygens (including phenoxy) is 2. The van der Waals surface area contributed by atoms with Crippen LogP contribution in [0, 0.1) is 5.41 Å². The normalized spacial score (nSPS) is 25.3. The van der Waals surface area contributed by atoms with Gasteiger partial charge < -0.3 is 29.2 Å². The molecule has 6 atom stereocenters. The van der Waals surface area contributed by atoms with Crippen molar-refractivity contribution < 1.29 is 47.2 Å². The third kappa shape index (κ3) is 10.7. The molecule has 4 aromatic rings. The second kappa shape index (κ2) is 19.3. The van der Waals surface area contributed by atoms with Gasteiger partial charge in [-0.1, -0.05) is 72.6 Å². The number of carbonyl (C=O) groups excluding carboxylic acids is 1. The van der Waals surface area contributed by atoms with E-state index in [0.717, 1.165) is 53.3 Å². The van der Waals surface area contributed by atoms with Crippen LogP contribution in [-0.2, 0) is 28.7 Å². The summed E-state index contributed by atoms with van der Waals surface area (Å²) in [4.78, 5) is 16.8. The van der Waals surface area contributed by atoms with Crippen LogP contribution in [0.4, 0.5) is 13.2 Å². The van der Waals surface area contributed by atoms with Crippen LogP contribution in [0.1, 0.15) is 110 Å². The van der Waals surface area contributed by atoms with Gasteiger partial charge in [0.2, 0.25) is 5.78 Å². The number of fused-ring (bicyclic) bond motifs is 8. The van der Waals surface area contributed by atoms with Gasteiger partial charge in [0, 0.05) is 42.8 Å². The molecule has 61 heavy (non-hydrogen) atoms. The van der Waals surface area contributed by atoms with Gasteiger partial charge in [0.15, 0.2) is 5.76 Å². The van der Waals surface area contributed by atoms with E-state index in [2.05, 4.69) is 24.8 Å². The smallest absolute Gasteiger partial charge is 0.416 e. The van der Waals surface area contributed by atoms with E-state index in [4.69, 9.17) is 25.5 Å². The van der Waals surface area contributed by atoms with Crippen molar-refractivity contribution in [3.05, 3.63) is 129 Å². The van der Waals surface area contributed by atoms with E-state index >= 15 is 0 Å². The molecule has 4 aliphatic rings. The van der Waals surface area contributed by atoms with Crippen molar-refractivity contribution in [2.24, 2.45) is 5.41 Å². The maximum Gasteiger partial charge on any atom is 0.416 e. The standard InChI is InChI=1S/C49H57ClF3NO7/c1-32-8-6-21-47(2)42(20-22-48(47,58)31-54(28-38-11-7-23-60-38)27-37(56)30-59-29-33-9-4-3-5-10-33)39-16-13-34(24-36(55)15-12-32)25-40(39)46(57)45-19-18-44(61-45)41-26-35(49(51,52)53)14-17-43(41)50/h3-5,8-10,13-14,16-19,25-26,36-38,42,55-56,58H,6-7,11-12,15,20-24,27-31H2,1-2H3/t36-,37+,38+,42-,47-,48+/m0/s1. The third-order valence-electron chi connectivity index (χ3n) is 13.2. The molecule has 328 valence electrons. The summed E-state index contributed by atoms with van der Waals surface area (Å²) >= 11 is 6.36. The molecule has 3 aliphatic carbocycles. The Kier molecular flexibility index (Phi) is 14.3. The fourth-order valence-corrected chi connectivity index (χ4v) is 9.92. The number of hydrogen-bond acceptors (Lipinski definition) is 8. The Morgan fingerprint density at radius 1 is 1.03 bits per heavy atom. The highest BCUT2D eigenvalue weighted by Gasteiger charge is 2.57. The molecular weight excluding hydrogens is 807 g/mol. The van der Waals surface area contributed by atoms with Crippen molar-refractivity contribution in [2.75, 3.05) is 32.8 Å². The van der Waals surface area contributed by atoms with Crippen LogP contribution in [0.5, 0.6) is 0 Å². The van der Waals surface area contributed by atoms with E-state index in [0.29, 0.717) is 70.3 Å². The lowest BCUT2D eigenvalue weighted by Gasteiger charge is -2.46. The Morgan fingerprint density at radius 3 is 2.59 bits per heavy atom. The summed E-state index contributed by atoms with van der Waals surface area (Å²) in [7, 11) is 0. The maximum atomic E-state index is 14.7. The van der Waals surface area contributed by atoms with Gasteiger partial charge in [-0.05, 0) is 124 Å². The number of nitrogens with zero attached hydrogens (tertiary/aromatic N) is 1. The van der Waals surface area contributed by atoms with E-state index in [9.17, 15) is 33.3 Å². The molecule has 3 aromatic carbocycles. The summed E-state index contributed by atoms with van der Waals surface area (Å²) in [5.74, 6) is -0.790. The van der Waals surface area contributed by atoms with Gasteiger partial charge in [-0.3, -0.25) is 9.69 Å². The second-order valence-electron chi connectivity index (χ2n) is 17.6. The molecule has 3 N–H and O–H groups in total. The van der Waals surface area contributed by atoms with Crippen LogP contribution >= 0.6 is 11.6 Å². The van der Waals surface area contributed by atoms with E-state index < -0.39 is 40.7 Å². The molecule has 1 saturated carbocycles. The van der Waals surface area contributed by atoms with Gasteiger partial charge in [-0.15, -0.1) is 0 Å². The summed E-state index contributed by atoms with van der Waals surface area (Å²) in [6.45, 7) is 6.42. The van der Waals surface area contributed by atoms with E-state index in [1.54, 1.807) is 6.07 Å². The van der Waals surface area contributed by atoms with Crippen LogP contribution in [0.25, 0.3) is 11.3 Å². The SMILES string of the molecule is CC1=CCC[C@@]2(C)[C@@H](CC[C@@]2(O)CN(C[C@@H](O)COCc2ccccc2)C[C@H]2CCCO2)c2ccc(cc2C(=O)c2ccc(-c3cc(C(F)(F)F)ccc3Cl)o2)C[C@@H](O)CC1. The first-order chi connectivity index (χ1) is 29.1. The quantitative estimate of drug-likeness (QED) is 0.0900. The van der Waals surface area contributed by atoms with Gasteiger partial charge in [-0.25, -0.2) is 0 Å². The topological polar surface area (TPSA) is 113 Å². The number of allylic oxidation sites excluding steroid dienone is 2. The van der Waals surface area contributed by atoms with Gasteiger partial charge in [0.05, 0.1) is 47.7 Å². The molecule has 2 heterocycles. The predicted octanol–water partition coefficient (Wildman–Crippen LogP) is 9.95. The fraction of sp³-hybridized carbons (Fsp3) is 0.490. The molecule has 0 unspecified atom stereocenters. The molecule has 8 nitrogen and oxygen atoms in total. The summed E-state index contributed by atoms with van der Waals surface area (Å²) < 4.78 is 59.0. The van der Waals surface area contributed by atoms with Gasteiger partial charge in [0.1, 0.15) is 5.76 Å². The molecule has 1 saturated heterocycles. The molecule has 0 amide bonds. The zero-order valence-corrected chi connectivity index (χ0v) is 35.7. The Hall–Kier alpha value is -3.81. The highest BCUT2D eigenvalue weighted by atomic mass is 35.5. The Labute approximate surface area is 361 Å². The molecule has 8 rings (SSSR count). The number of halogens is 4. The third-order valence-corrected chi connectivity index (χ3v) is 13.5. The zero-order valence-electron chi connectivity index (χ0n) is 34.9. The number of aliphatic hydroxyl groups is 3. The average Bonchev–Trinajstić information content (AvgIpc) is 3.98. The van der Waals surface area contributed by atoms with Crippen molar-refractivity contribution in [3.63, 3.8) is 0 Å². The number of hydrogen-bond donors (Lipinski definition) is 3. The first-order valence-corrected chi connectivity index (χ1v) is 21.8. The molecule has 0 spiro atoms. The lowest BCUT2D eigenvalue weighted by atomic mass is 9.64. The van der Waals surface area contributed by atoms with Crippen LogP contribution in [0.15, 0.2) is 94.9 Å². The zero-order chi connectivity index (χ0) is 43.4. The molecular formula is C49H57ClF3NO7. The second-order valence-corrected chi connectivity index (χ2v) is 18.0. The first-order valence-electron chi connectivity index (χ1n) is 21.5. The molecule has 0 radical (unpaired) electrons. The summed E-state index contributed by atoms with van der Waals surface area (Å²) in [6.07, 6.45) is 1.75. The van der Waals surface area contributed by atoms with Gasteiger partial charge in [-0.2, -0.15) is 13.2 Å². The lowest BCUT2D eigenvalue weighted by molar-refractivity contribution is -0.137. The van der Waals surface area contributed by atoms with Crippen molar-refractivity contribution in [1.29, 1.82) is 0 Å². The number of alkyl halides is 3. The van der Waals surface area contributed by atoms with Gasteiger partial charge in [0.25, 0.3) is 0 Å². The van der Waals surface area contributed by atoms with Crippen LogP contribution in [-0.4, -0.2) is 82.8 Å². The van der Waals surface area contributed by atoms with Crippen LogP contribution in [0.2, 0.25) is 5.02 Å². The van der Waals surface area contributed by atoms with E-state index in [1.165, 1.54) is 12.1 Å². The van der Waals surface area contributed by atoms with Gasteiger partial charge >= 0.3 is 6.18 Å². The van der Waals surface area contributed by atoms with Crippen LogP contribution < -0.4 is 0 Å². The Bertz CT molecular complexity index is 2150. The number of carbonyl (C=O) groups is 1. The van der Waals surface area contributed by atoms with Crippen LogP contribution in [0.3, 0.4) is 0 Å². The Balaban J connectivity index is 1.21. The summed E-state index contributed by atoms with van der Waals surface area (Å²) in [5, 5.41) is 35.5. The Morgan fingerprint density at radius 2 is 1.84 bits per heavy atom. The molecule has 1 aliphatic heterocycles. The maximum absolute atomic E-state index is 14.7. The van der Waals surface area contributed by atoms with Crippen molar-refractivity contribution in [1.82, 2.24) is 4.90 Å². The first kappa shape index (κ1) is 45.2. The minimum atomic E-state index is -4.60. The number of benzene rings is 3. The number of rotatable bonds is 13. The average molecular weight is 864 g/mol.